The van der Waals surface area contributed by atoms with Crippen LogP contribution in [-0.2, 0) is 0 Å². The van der Waals surface area contributed by atoms with Gasteiger partial charge in [-0.2, -0.15) is 0 Å². The first-order valence-corrected chi connectivity index (χ1v) is 8.12. The summed E-state index contributed by atoms with van der Waals surface area (Å²) in [5.41, 5.74) is 6.85. The molecule has 9 heteroatoms. The quantitative estimate of drug-likeness (QED) is 0.381. The lowest BCUT2D eigenvalue weighted by molar-refractivity contribution is -0.384. The molecule has 3 N–H and O–H groups in total. The Morgan fingerprint density at radius 3 is 2.65 bits per heavy atom. The highest BCUT2D eigenvalue weighted by atomic mass is 16.6. The van der Waals surface area contributed by atoms with Crippen LogP contribution in [0.3, 0.4) is 0 Å². The predicted octanol–water partition coefficient (Wildman–Crippen LogP) is 3.19. The molecule has 0 fully saturated rings. The van der Waals surface area contributed by atoms with Crippen molar-refractivity contribution < 1.29 is 4.92 Å². The summed E-state index contributed by atoms with van der Waals surface area (Å²) in [5, 5.41) is 16.3. The minimum absolute atomic E-state index is 0.104. The average molecular weight is 353 g/mol. The second-order valence-electron chi connectivity index (χ2n) is 5.61. The van der Waals surface area contributed by atoms with Gasteiger partial charge in [0.1, 0.15) is 12.1 Å². The van der Waals surface area contributed by atoms with Crippen molar-refractivity contribution in [2.45, 2.75) is 13.3 Å². The van der Waals surface area contributed by atoms with E-state index in [1.165, 1.54) is 6.07 Å². The Balaban J connectivity index is 1.99. The number of nitrogen functional groups attached to an aromatic ring is 1. The molecule has 3 rings (SSSR count). The summed E-state index contributed by atoms with van der Waals surface area (Å²) in [7, 11) is 0. The van der Waals surface area contributed by atoms with Crippen molar-refractivity contribution in [2.75, 3.05) is 22.6 Å². The lowest BCUT2D eigenvalue weighted by atomic mass is 10.2. The summed E-state index contributed by atoms with van der Waals surface area (Å²) in [6, 6.07) is 9.99. The number of benzene rings is 1. The first-order chi connectivity index (χ1) is 12.6. The van der Waals surface area contributed by atoms with Gasteiger partial charge in [-0.15, -0.1) is 0 Å². The zero-order chi connectivity index (χ0) is 18.5. The fraction of sp³-hybridized carbons (Fsp3) is 0.176. The van der Waals surface area contributed by atoms with Gasteiger partial charge >= 0.3 is 5.69 Å². The lowest BCUT2D eigenvalue weighted by Crippen LogP contribution is -2.30. The van der Waals surface area contributed by atoms with Crippen LogP contribution >= 0.6 is 0 Å². The van der Waals surface area contributed by atoms with E-state index < -0.39 is 4.92 Å². The Labute approximate surface area is 150 Å². The van der Waals surface area contributed by atoms with Crippen LogP contribution in [0.4, 0.5) is 28.7 Å². The van der Waals surface area contributed by atoms with Crippen molar-refractivity contribution in [2.24, 2.45) is 0 Å². The molecule has 0 unspecified atom stereocenters. The third kappa shape index (κ3) is 3.72. The van der Waals surface area contributed by atoms with Gasteiger partial charge in [0, 0.05) is 36.4 Å². The van der Waals surface area contributed by atoms with E-state index in [4.69, 9.17) is 5.73 Å². The molecular formula is C17H19N7O2. The fourth-order valence-corrected chi connectivity index (χ4v) is 2.48. The Bertz CT molecular complexity index is 879. The molecule has 2 aromatic heterocycles. The van der Waals surface area contributed by atoms with Crippen LogP contribution in [-0.4, -0.2) is 26.1 Å². The van der Waals surface area contributed by atoms with E-state index in [-0.39, 0.29) is 11.5 Å². The van der Waals surface area contributed by atoms with Gasteiger partial charge in [0.05, 0.1) is 4.92 Å². The smallest absolute Gasteiger partial charge is 0.311 e. The van der Waals surface area contributed by atoms with Crippen molar-refractivity contribution in [3.63, 3.8) is 0 Å². The van der Waals surface area contributed by atoms with Crippen LogP contribution in [0, 0.1) is 10.1 Å². The van der Waals surface area contributed by atoms with E-state index in [1.807, 2.05) is 11.9 Å². The summed E-state index contributed by atoms with van der Waals surface area (Å²) < 4.78 is 1.80. The minimum Gasteiger partial charge on any atom is -0.399 e. The molecule has 0 radical (unpaired) electrons. The largest absolute Gasteiger partial charge is 0.399 e. The molecule has 2 heterocycles. The van der Waals surface area contributed by atoms with Gasteiger partial charge in [-0.25, -0.2) is 14.6 Å². The van der Waals surface area contributed by atoms with Crippen LogP contribution in [0.5, 0.6) is 0 Å². The van der Waals surface area contributed by atoms with Gasteiger partial charge < -0.3 is 11.1 Å². The van der Waals surface area contributed by atoms with Crippen molar-refractivity contribution in [3.8, 4) is 0 Å². The minimum atomic E-state index is -0.461. The van der Waals surface area contributed by atoms with Crippen LogP contribution in [0.15, 0.2) is 55.1 Å². The average Bonchev–Trinajstić information content (AvgIpc) is 3.15. The van der Waals surface area contributed by atoms with Gasteiger partial charge in [-0.05, 0) is 36.8 Å². The molecule has 0 aliphatic heterocycles. The van der Waals surface area contributed by atoms with Gasteiger partial charge in [0.2, 0.25) is 5.82 Å². The number of nitro groups is 1. The molecule has 3 aromatic rings. The fourth-order valence-electron chi connectivity index (χ4n) is 2.48. The second kappa shape index (κ2) is 7.51. The number of anilines is 4. The molecule has 0 atom stereocenters. The number of nitrogens with one attached hydrogen (secondary N) is 1. The lowest BCUT2D eigenvalue weighted by Gasteiger charge is -2.24. The summed E-state index contributed by atoms with van der Waals surface area (Å²) >= 11 is 0. The Morgan fingerprint density at radius 2 is 2.04 bits per heavy atom. The standard InChI is InChI=1S/C17H19N7O2/c1-2-10-23(22-11-9-19-12-22)16-8-7-15(24(25)26)17(21-16)20-14-5-3-13(18)4-6-14/h3-9,11-12H,2,10,18H2,1H3,(H,20,21). The Kier molecular flexibility index (Phi) is 4.97. The van der Waals surface area contributed by atoms with Crippen molar-refractivity contribution >= 4 is 28.7 Å². The normalized spacial score (nSPS) is 10.5. The molecule has 26 heavy (non-hydrogen) atoms. The van der Waals surface area contributed by atoms with Gasteiger partial charge in [0.25, 0.3) is 0 Å². The molecule has 0 amide bonds. The first kappa shape index (κ1) is 17.2. The Morgan fingerprint density at radius 1 is 1.27 bits per heavy atom. The number of hydrogen-bond acceptors (Lipinski definition) is 7. The monoisotopic (exact) mass is 353 g/mol. The first-order valence-electron chi connectivity index (χ1n) is 8.12. The molecule has 1 aromatic carbocycles. The molecule has 9 nitrogen and oxygen atoms in total. The third-order valence-corrected chi connectivity index (χ3v) is 3.70. The van der Waals surface area contributed by atoms with Gasteiger partial charge in [-0.3, -0.25) is 15.1 Å². The zero-order valence-electron chi connectivity index (χ0n) is 14.2. The van der Waals surface area contributed by atoms with Crippen LogP contribution in [0.1, 0.15) is 13.3 Å². The van der Waals surface area contributed by atoms with E-state index in [2.05, 4.69) is 15.3 Å². The summed E-state index contributed by atoms with van der Waals surface area (Å²) in [5.74, 6) is 0.742. The van der Waals surface area contributed by atoms with Gasteiger partial charge in [0.15, 0.2) is 0 Å². The van der Waals surface area contributed by atoms with E-state index in [0.717, 1.165) is 6.42 Å². The van der Waals surface area contributed by atoms with E-state index in [9.17, 15) is 10.1 Å². The van der Waals surface area contributed by atoms with E-state index in [1.54, 1.807) is 53.7 Å². The maximum Gasteiger partial charge on any atom is 0.311 e. The molecule has 0 aliphatic rings. The molecule has 0 bridgehead atoms. The SMILES string of the molecule is CCCN(c1ccc([N+](=O)[O-])c(Nc2ccc(N)cc2)n1)n1ccnc1. The highest BCUT2D eigenvalue weighted by Crippen LogP contribution is 2.29. The van der Waals surface area contributed by atoms with Crippen molar-refractivity contribution in [3.05, 3.63) is 65.2 Å². The maximum atomic E-state index is 11.4. The van der Waals surface area contributed by atoms with Crippen LogP contribution < -0.4 is 16.1 Å². The maximum absolute atomic E-state index is 11.4. The molecule has 134 valence electrons. The number of nitrogens with two attached hydrogens (primary N) is 1. The topological polar surface area (TPSA) is 115 Å². The van der Waals surface area contributed by atoms with Crippen LogP contribution in [0.25, 0.3) is 0 Å². The van der Waals surface area contributed by atoms with Crippen molar-refractivity contribution in [1.29, 1.82) is 0 Å². The predicted molar refractivity (Wildman–Crippen MR) is 100 cm³/mol. The summed E-state index contributed by atoms with van der Waals surface area (Å²) in [6.07, 6.45) is 6.00. The molecular weight excluding hydrogens is 334 g/mol. The number of nitrogens with zero attached hydrogens (tertiary/aromatic N) is 5. The second-order valence-corrected chi connectivity index (χ2v) is 5.61. The highest BCUT2D eigenvalue weighted by molar-refractivity contribution is 5.68. The number of hydrogen-bond donors (Lipinski definition) is 2. The zero-order valence-corrected chi connectivity index (χ0v) is 14.2. The number of imidazole rings is 1. The number of aromatic nitrogens is 3. The molecule has 0 saturated carbocycles. The number of rotatable bonds is 7. The number of pyridine rings is 1. The van der Waals surface area contributed by atoms with Crippen molar-refractivity contribution in [1.82, 2.24) is 14.6 Å². The van der Waals surface area contributed by atoms with E-state index in [0.29, 0.717) is 23.7 Å². The summed E-state index contributed by atoms with van der Waals surface area (Å²) in [4.78, 5) is 19.5. The van der Waals surface area contributed by atoms with Gasteiger partial charge in [-0.1, -0.05) is 6.92 Å². The van der Waals surface area contributed by atoms with Crippen LogP contribution in [0.2, 0.25) is 0 Å². The van der Waals surface area contributed by atoms with E-state index >= 15 is 0 Å². The molecule has 0 aliphatic carbocycles. The highest BCUT2D eigenvalue weighted by Gasteiger charge is 2.19. The molecule has 0 saturated heterocycles. The summed E-state index contributed by atoms with van der Waals surface area (Å²) in [6.45, 7) is 2.73. The Hall–Kier alpha value is -3.62. The third-order valence-electron chi connectivity index (χ3n) is 3.70. The molecule has 0 spiro atoms.